The first-order valence-electron chi connectivity index (χ1n) is 5.69. The average molecular weight is 244 g/mol. The first-order valence-corrected chi connectivity index (χ1v) is 5.69. The SMILES string of the molecule is C=C.CC(C#N)CC(C#N)CCC#N.CCC#N. The average Bonchev–Trinajstić information content (AvgIpc) is 2.45. The maximum atomic E-state index is 8.63. The standard InChI is InChI=1S/C9H11N3.C3H5N.C2H4/c1-8(6-11)5-9(7-12)3-2-4-10;1-2-3-4;1-2/h8-9H,2-3,5H2,1H3;2H2,1H3;1-2H2. The van der Waals surface area contributed by atoms with E-state index in [1.165, 1.54) is 0 Å². The minimum atomic E-state index is -0.140. The van der Waals surface area contributed by atoms with Crippen molar-refractivity contribution in [2.45, 2.75) is 39.5 Å². The highest BCUT2D eigenvalue weighted by Gasteiger charge is 2.11. The second kappa shape index (κ2) is 20.2. The van der Waals surface area contributed by atoms with Crippen LogP contribution in [-0.4, -0.2) is 0 Å². The van der Waals surface area contributed by atoms with Crippen LogP contribution in [0.5, 0.6) is 0 Å². The van der Waals surface area contributed by atoms with Gasteiger partial charge in [0.25, 0.3) is 0 Å². The molecule has 0 aliphatic carbocycles. The molecule has 0 N–H and O–H groups in total. The van der Waals surface area contributed by atoms with E-state index in [1.807, 2.05) is 19.1 Å². The van der Waals surface area contributed by atoms with Gasteiger partial charge in [-0.1, -0.05) is 6.92 Å². The van der Waals surface area contributed by atoms with Gasteiger partial charge < -0.3 is 0 Å². The molecule has 18 heavy (non-hydrogen) atoms. The van der Waals surface area contributed by atoms with Crippen molar-refractivity contribution in [2.24, 2.45) is 11.8 Å². The summed E-state index contributed by atoms with van der Waals surface area (Å²) in [7, 11) is 0. The Morgan fingerprint density at radius 1 is 1.00 bits per heavy atom. The lowest BCUT2D eigenvalue weighted by molar-refractivity contribution is 0.500. The molecular weight excluding hydrogens is 224 g/mol. The molecule has 4 nitrogen and oxygen atoms in total. The molecule has 0 radical (unpaired) electrons. The van der Waals surface area contributed by atoms with E-state index in [4.69, 9.17) is 21.0 Å². The molecule has 0 amide bonds. The minimum Gasteiger partial charge on any atom is -0.198 e. The van der Waals surface area contributed by atoms with Crippen LogP contribution in [0, 0.1) is 57.2 Å². The van der Waals surface area contributed by atoms with Crippen LogP contribution < -0.4 is 0 Å². The quantitative estimate of drug-likeness (QED) is 0.704. The van der Waals surface area contributed by atoms with E-state index in [9.17, 15) is 0 Å². The Kier molecular flexibility index (Phi) is 23.6. The van der Waals surface area contributed by atoms with Crippen LogP contribution in [0.3, 0.4) is 0 Å². The van der Waals surface area contributed by atoms with Crippen LogP contribution in [0.15, 0.2) is 13.2 Å². The summed E-state index contributed by atoms with van der Waals surface area (Å²) < 4.78 is 0. The highest BCUT2D eigenvalue weighted by Crippen LogP contribution is 2.15. The van der Waals surface area contributed by atoms with Gasteiger partial charge in [0.15, 0.2) is 0 Å². The summed E-state index contributed by atoms with van der Waals surface area (Å²) in [5.41, 5.74) is 0. The van der Waals surface area contributed by atoms with Crippen molar-refractivity contribution in [1.29, 1.82) is 21.0 Å². The Balaban J connectivity index is -0.000000317. The number of hydrogen-bond donors (Lipinski definition) is 0. The third-order valence-corrected chi connectivity index (χ3v) is 1.80. The summed E-state index contributed by atoms with van der Waals surface area (Å²) in [6, 6.07) is 8.09. The van der Waals surface area contributed by atoms with Crippen LogP contribution in [0.2, 0.25) is 0 Å². The van der Waals surface area contributed by atoms with E-state index >= 15 is 0 Å². The van der Waals surface area contributed by atoms with Gasteiger partial charge in [0.1, 0.15) is 0 Å². The van der Waals surface area contributed by atoms with E-state index in [0.29, 0.717) is 25.7 Å². The Morgan fingerprint density at radius 3 is 1.78 bits per heavy atom. The normalized spacial score (nSPS) is 10.3. The predicted molar refractivity (Wildman–Crippen MR) is 70.5 cm³/mol. The molecule has 0 aliphatic rings. The molecule has 0 aromatic rings. The van der Waals surface area contributed by atoms with Gasteiger partial charge in [0, 0.05) is 24.7 Å². The molecule has 2 atom stereocenters. The third kappa shape index (κ3) is 19.3. The molecule has 0 bridgehead atoms. The summed E-state index contributed by atoms with van der Waals surface area (Å²) in [6.07, 6.45) is 2.18. The highest BCUT2D eigenvalue weighted by atomic mass is 14.3. The fourth-order valence-electron chi connectivity index (χ4n) is 0.953. The fraction of sp³-hybridized carbons (Fsp3) is 0.571. The van der Waals surface area contributed by atoms with Gasteiger partial charge in [-0.25, -0.2) is 0 Å². The van der Waals surface area contributed by atoms with E-state index in [2.05, 4.69) is 25.3 Å². The third-order valence-electron chi connectivity index (χ3n) is 1.80. The van der Waals surface area contributed by atoms with E-state index in [0.717, 1.165) is 0 Å². The largest absolute Gasteiger partial charge is 0.198 e. The molecule has 2 unspecified atom stereocenters. The predicted octanol–water partition coefficient (Wildman–Crippen LogP) is 3.70. The Morgan fingerprint density at radius 2 is 1.50 bits per heavy atom. The van der Waals surface area contributed by atoms with E-state index in [-0.39, 0.29) is 11.8 Å². The summed E-state index contributed by atoms with van der Waals surface area (Å²) in [5.74, 6) is -0.229. The number of nitriles is 4. The maximum absolute atomic E-state index is 8.63. The van der Waals surface area contributed by atoms with Crippen molar-refractivity contribution in [1.82, 2.24) is 0 Å². The lowest BCUT2D eigenvalue weighted by Gasteiger charge is -2.06. The summed E-state index contributed by atoms with van der Waals surface area (Å²) in [4.78, 5) is 0. The number of nitrogens with zero attached hydrogens (tertiary/aromatic N) is 4. The number of rotatable bonds is 4. The van der Waals surface area contributed by atoms with Crippen LogP contribution in [0.25, 0.3) is 0 Å². The zero-order valence-corrected chi connectivity index (χ0v) is 11.2. The van der Waals surface area contributed by atoms with Crippen LogP contribution in [0.1, 0.15) is 39.5 Å². The molecule has 0 spiro atoms. The molecule has 0 fully saturated rings. The first-order chi connectivity index (χ1) is 8.65. The van der Waals surface area contributed by atoms with Gasteiger partial charge in [-0.15, -0.1) is 13.2 Å². The molecule has 0 saturated heterocycles. The number of hydrogen-bond acceptors (Lipinski definition) is 4. The molecule has 0 saturated carbocycles. The van der Waals surface area contributed by atoms with Crippen molar-refractivity contribution in [3.63, 3.8) is 0 Å². The Labute approximate surface area is 110 Å². The van der Waals surface area contributed by atoms with Gasteiger partial charge in [-0.05, 0) is 19.8 Å². The molecule has 0 rings (SSSR count). The summed E-state index contributed by atoms with van der Waals surface area (Å²) in [6.45, 7) is 9.61. The van der Waals surface area contributed by atoms with Crippen LogP contribution in [-0.2, 0) is 0 Å². The van der Waals surface area contributed by atoms with Gasteiger partial charge in [-0.2, -0.15) is 21.0 Å². The molecule has 0 heterocycles. The van der Waals surface area contributed by atoms with Gasteiger partial charge in [0.05, 0.1) is 24.3 Å². The summed E-state index contributed by atoms with van der Waals surface area (Å²) in [5, 5.41) is 33.0. The second-order valence-electron chi connectivity index (χ2n) is 3.30. The molecule has 0 aromatic carbocycles. The molecule has 96 valence electrons. The Bertz CT molecular complexity index is 335. The first kappa shape index (κ1) is 21.0. The molecule has 0 aromatic heterocycles. The van der Waals surface area contributed by atoms with E-state index < -0.39 is 0 Å². The minimum absolute atomic E-state index is 0.0895. The van der Waals surface area contributed by atoms with Crippen molar-refractivity contribution in [3.8, 4) is 24.3 Å². The van der Waals surface area contributed by atoms with Gasteiger partial charge >= 0.3 is 0 Å². The molecule has 4 heteroatoms. The van der Waals surface area contributed by atoms with Gasteiger partial charge in [0.2, 0.25) is 0 Å². The maximum Gasteiger partial charge on any atom is 0.0656 e. The molecule has 0 aliphatic heterocycles. The lowest BCUT2D eigenvalue weighted by atomic mass is 9.94. The van der Waals surface area contributed by atoms with Crippen molar-refractivity contribution in [2.75, 3.05) is 0 Å². The second-order valence-corrected chi connectivity index (χ2v) is 3.30. The van der Waals surface area contributed by atoms with Gasteiger partial charge in [-0.3, -0.25) is 0 Å². The Hall–Kier alpha value is -2.30. The summed E-state index contributed by atoms with van der Waals surface area (Å²) >= 11 is 0. The fourth-order valence-corrected chi connectivity index (χ4v) is 0.953. The van der Waals surface area contributed by atoms with E-state index in [1.54, 1.807) is 6.92 Å². The highest BCUT2D eigenvalue weighted by molar-refractivity contribution is 4.91. The van der Waals surface area contributed by atoms with Crippen molar-refractivity contribution >= 4 is 0 Å². The smallest absolute Gasteiger partial charge is 0.0656 e. The zero-order chi connectivity index (χ0) is 14.8. The topological polar surface area (TPSA) is 95.2 Å². The van der Waals surface area contributed by atoms with Crippen molar-refractivity contribution < 1.29 is 0 Å². The monoisotopic (exact) mass is 244 g/mol. The van der Waals surface area contributed by atoms with Crippen LogP contribution >= 0.6 is 0 Å². The lowest BCUT2D eigenvalue weighted by Crippen LogP contribution is -2.02. The molecular formula is C14H20N4. The zero-order valence-electron chi connectivity index (χ0n) is 11.2. The van der Waals surface area contributed by atoms with Crippen molar-refractivity contribution in [3.05, 3.63) is 13.2 Å². The van der Waals surface area contributed by atoms with Crippen LogP contribution in [0.4, 0.5) is 0 Å².